The fourth-order valence-electron chi connectivity index (χ4n) is 6.38. The van der Waals surface area contributed by atoms with E-state index in [0.717, 1.165) is 75.2 Å². The van der Waals surface area contributed by atoms with E-state index in [0.29, 0.717) is 41.2 Å². The number of aromatic nitrogens is 3. The summed E-state index contributed by atoms with van der Waals surface area (Å²) in [5, 5.41) is 24.1. The van der Waals surface area contributed by atoms with E-state index >= 15 is 0 Å². The number of hydrogen-bond acceptors (Lipinski definition) is 9. The Morgan fingerprint density at radius 2 is 1.83 bits per heavy atom. The Bertz CT molecular complexity index is 2200. The number of aryl methyl sites for hydroxylation is 1. The Kier molecular flexibility index (Phi) is 7.53. The molecule has 1 atom stereocenters. The van der Waals surface area contributed by atoms with Gasteiger partial charge in [-0.1, -0.05) is 24.3 Å². The van der Waals surface area contributed by atoms with Crippen LogP contribution in [0.1, 0.15) is 44.7 Å². The molecule has 4 heterocycles. The lowest BCUT2D eigenvalue weighted by molar-refractivity contribution is 0.112. The number of benzene rings is 3. The predicted molar refractivity (Wildman–Crippen MR) is 178 cm³/mol. The Morgan fingerprint density at radius 3 is 2.59 bits per heavy atom. The van der Waals surface area contributed by atoms with Crippen LogP contribution in [0, 0.1) is 32.1 Å². The van der Waals surface area contributed by atoms with Gasteiger partial charge in [0.2, 0.25) is 5.89 Å². The van der Waals surface area contributed by atoms with Gasteiger partial charge in [0.1, 0.15) is 23.4 Å². The third-order valence-corrected chi connectivity index (χ3v) is 8.71. The number of aliphatic hydroxyl groups excluding tert-OH is 1. The van der Waals surface area contributed by atoms with Crippen molar-refractivity contribution in [2.75, 3.05) is 18.4 Å². The summed E-state index contributed by atoms with van der Waals surface area (Å²) in [6, 6.07) is 21.6. The lowest BCUT2D eigenvalue weighted by Crippen LogP contribution is -2.21. The van der Waals surface area contributed by atoms with E-state index in [1.165, 1.54) is 6.07 Å². The van der Waals surface area contributed by atoms with Crippen LogP contribution in [0.2, 0.25) is 0 Å². The topological polar surface area (TPSA) is 128 Å². The van der Waals surface area contributed by atoms with Crippen molar-refractivity contribution in [1.82, 2.24) is 19.9 Å². The van der Waals surface area contributed by atoms with Crippen LogP contribution in [-0.4, -0.2) is 50.4 Å². The number of carbonyl (C=O) groups is 1. The third kappa shape index (κ3) is 5.38. The Morgan fingerprint density at radius 1 is 1.04 bits per heavy atom. The molecule has 9 heteroatoms. The Balaban J connectivity index is 1.23. The van der Waals surface area contributed by atoms with E-state index in [2.05, 4.69) is 52.5 Å². The number of nitrogens with zero attached hydrogens (tertiary/aromatic N) is 5. The summed E-state index contributed by atoms with van der Waals surface area (Å²) >= 11 is 0. The smallest absolute Gasteiger partial charge is 0.227 e. The molecule has 7 rings (SSSR count). The number of hydrogen-bond donors (Lipinski definition) is 2. The largest absolute Gasteiger partial charge is 0.435 e. The van der Waals surface area contributed by atoms with Gasteiger partial charge in [-0.15, -0.1) is 0 Å². The summed E-state index contributed by atoms with van der Waals surface area (Å²) in [5.41, 5.74) is 10.1. The molecule has 0 radical (unpaired) electrons. The number of aliphatic hydroxyl groups is 1. The Labute approximate surface area is 266 Å². The maximum absolute atomic E-state index is 11.4. The van der Waals surface area contributed by atoms with Gasteiger partial charge in [0.25, 0.3) is 0 Å². The average molecular weight is 609 g/mol. The quantitative estimate of drug-likeness (QED) is 0.184. The van der Waals surface area contributed by atoms with E-state index in [1.807, 2.05) is 44.3 Å². The molecule has 1 fully saturated rings. The predicted octanol–water partition coefficient (Wildman–Crippen LogP) is 7.02. The van der Waals surface area contributed by atoms with Crippen LogP contribution in [-0.2, 0) is 6.54 Å². The number of β-amino-alcohol motifs (C(OH)–C–C–N with tert-alkyl or cyclic N) is 1. The minimum Gasteiger partial charge on any atom is -0.435 e. The summed E-state index contributed by atoms with van der Waals surface area (Å²) in [4.78, 5) is 27.9. The van der Waals surface area contributed by atoms with Crippen LogP contribution in [0.5, 0.6) is 0 Å². The van der Waals surface area contributed by atoms with Gasteiger partial charge in [-0.2, -0.15) is 5.26 Å². The zero-order valence-electron chi connectivity index (χ0n) is 25.8. The van der Waals surface area contributed by atoms with Gasteiger partial charge < -0.3 is 14.8 Å². The zero-order valence-corrected chi connectivity index (χ0v) is 25.8. The highest BCUT2D eigenvalue weighted by Gasteiger charge is 2.21. The molecule has 1 unspecified atom stereocenters. The fraction of sp³-hybridized carbons (Fsp3) is 0.216. The van der Waals surface area contributed by atoms with Gasteiger partial charge in [-0.3, -0.25) is 14.7 Å². The highest BCUT2D eigenvalue weighted by Crippen LogP contribution is 2.37. The van der Waals surface area contributed by atoms with Crippen LogP contribution >= 0.6 is 0 Å². The van der Waals surface area contributed by atoms with E-state index < -0.39 is 0 Å². The number of nitriles is 1. The van der Waals surface area contributed by atoms with Gasteiger partial charge in [0.15, 0.2) is 11.4 Å². The number of rotatable bonds is 7. The second-order valence-corrected chi connectivity index (χ2v) is 12.0. The van der Waals surface area contributed by atoms with Crippen LogP contribution < -0.4 is 5.32 Å². The van der Waals surface area contributed by atoms with Crippen LogP contribution in [0.3, 0.4) is 0 Å². The highest BCUT2D eigenvalue weighted by molar-refractivity contribution is 5.92. The first-order valence-electron chi connectivity index (χ1n) is 15.2. The molecule has 2 N–H and O–H groups in total. The van der Waals surface area contributed by atoms with Crippen molar-refractivity contribution in [3.63, 3.8) is 0 Å². The lowest BCUT2D eigenvalue weighted by atomic mass is 9.93. The first-order valence-corrected chi connectivity index (χ1v) is 15.2. The molecule has 0 amide bonds. The molecule has 3 aromatic heterocycles. The summed E-state index contributed by atoms with van der Waals surface area (Å²) in [5.74, 6) is 1.08. The molecule has 0 spiro atoms. The van der Waals surface area contributed by atoms with E-state index in [-0.39, 0.29) is 11.7 Å². The molecular formula is C37H32N6O3. The normalized spacial score (nSPS) is 15.0. The maximum atomic E-state index is 11.4. The van der Waals surface area contributed by atoms with Crippen molar-refractivity contribution >= 4 is 39.8 Å². The second kappa shape index (κ2) is 11.8. The van der Waals surface area contributed by atoms with Crippen molar-refractivity contribution in [2.24, 2.45) is 0 Å². The van der Waals surface area contributed by atoms with Gasteiger partial charge in [-0.05, 0) is 91.4 Å². The summed E-state index contributed by atoms with van der Waals surface area (Å²) in [6.45, 7) is 8.43. The molecule has 1 aliphatic rings. The minimum absolute atomic E-state index is 0.252. The first-order chi connectivity index (χ1) is 22.3. The first kappa shape index (κ1) is 29.3. The number of likely N-dealkylation sites (tertiary alicyclic amines) is 1. The molecule has 0 bridgehead atoms. The van der Waals surface area contributed by atoms with Crippen molar-refractivity contribution in [2.45, 2.75) is 39.8 Å². The number of nitrogens with one attached hydrogen (secondary N) is 1. The van der Waals surface area contributed by atoms with Gasteiger partial charge in [0, 0.05) is 53.7 Å². The number of oxazole rings is 1. The van der Waals surface area contributed by atoms with E-state index in [4.69, 9.17) is 14.4 Å². The van der Waals surface area contributed by atoms with E-state index in [9.17, 15) is 15.2 Å². The number of fused-ring (bicyclic) bond motifs is 2. The highest BCUT2D eigenvalue weighted by atomic mass is 16.3. The van der Waals surface area contributed by atoms with Crippen LogP contribution in [0.25, 0.3) is 44.6 Å². The number of aldehydes is 1. The zero-order chi connectivity index (χ0) is 31.9. The molecule has 1 aliphatic heterocycles. The maximum Gasteiger partial charge on any atom is 0.227 e. The SMILES string of the molecule is Cc1cc2cc(CN3CCC(O)C3)cnc2c(Nc2cccc(-c3cccc(-c4nc5cc(C=O)cc(C#N)c5o4)c3C)c2C)n1. The monoisotopic (exact) mass is 608 g/mol. The lowest BCUT2D eigenvalue weighted by Gasteiger charge is -2.17. The third-order valence-electron chi connectivity index (χ3n) is 8.71. The molecule has 1 saturated heterocycles. The average Bonchev–Trinajstić information content (AvgIpc) is 3.67. The van der Waals surface area contributed by atoms with Crippen molar-refractivity contribution in [3.05, 3.63) is 100 Å². The van der Waals surface area contributed by atoms with Crippen molar-refractivity contribution in [3.8, 4) is 28.7 Å². The fourth-order valence-corrected chi connectivity index (χ4v) is 6.38. The van der Waals surface area contributed by atoms with Crippen molar-refractivity contribution in [1.29, 1.82) is 5.26 Å². The van der Waals surface area contributed by atoms with Crippen LogP contribution in [0.4, 0.5) is 11.5 Å². The van der Waals surface area contributed by atoms with E-state index in [1.54, 1.807) is 6.07 Å². The van der Waals surface area contributed by atoms with Gasteiger partial charge in [0.05, 0.1) is 11.7 Å². The summed E-state index contributed by atoms with van der Waals surface area (Å²) < 4.78 is 6.09. The molecule has 0 saturated carbocycles. The minimum atomic E-state index is -0.252. The molecular weight excluding hydrogens is 576 g/mol. The summed E-state index contributed by atoms with van der Waals surface area (Å²) in [7, 11) is 0. The standard InChI is InChI=1S/C37H32N6O3/c1-21-12-26-14-25(18-43-11-10-28(45)19-43)17-39-34(26)36(40-21)41-32-9-5-7-30(23(32)3)29-6-4-8-31(22(29)2)37-42-33-15-24(20-44)13-27(16-38)35(33)46-37/h4-9,12-15,17,20,28,45H,10-11,18-19H2,1-3H3,(H,40,41). The van der Waals surface area contributed by atoms with Gasteiger partial charge >= 0.3 is 0 Å². The molecule has 0 aliphatic carbocycles. The summed E-state index contributed by atoms with van der Waals surface area (Å²) in [6.07, 6.45) is 3.16. The van der Waals surface area contributed by atoms with Crippen molar-refractivity contribution < 1.29 is 14.3 Å². The Hall–Kier alpha value is -5.43. The number of anilines is 2. The second-order valence-electron chi connectivity index (χ2n) is 12.0. The molecule has 3 aromatic carbocycles. The van der Waals surface area contributed by atoms with Crippen LogP contribution in [0.15, 0.2) is 71.3 Å². The number of carbonyl (C=O) groups excluding carboxylic acids is 1. The number of pyridine rings is 2. The molecule has 228 valence electrons. The molecule has 6 aromatic rings. The van der Waals surface area contributed by atoms with Gasteiger partial charge in [-0.25, -0.2) is 9.97 Å². The molecule has 9 nitrogen and oxygen atoms in total. The molecule has 46 heavy (non-hydrogen) atoms.